The summed E-state index contributed by atoms with van der Waals surface area (Å²) in [4.78, 5) is 16.9. The van der Waals surface area contributed by atoms with Gasteiger partial charge in [-0.25, -0.2) is 0 Å². The van der Waals surface area contributed by atoms with Crippen LogP contribution in [0.5, 0.6) is 0 Å². The number of carbonyl (C=O) groups is 1. The normalized spacial score (nSPS) is 23.3. The summed E-state index contributed by atoms with van der Waals surface area (Å²) < 4.78 is 0. The number of carbonyl (C=O) groups excluding carboxylic acids is 1. The lowest BCUT2D eigenvalue weighted by atomic mass is 9.93. The molecule has 0 aliphatic carbocycles. The van der Waals surface area contributed by atoms with Crippen LogP contribution in [-0.4, -0.2) is 59.1 Å². The molecular formula is C18H29N3O2. The Morgan fingerprint density at radius 1 is 1.30 bits per heavy atom. The van der Waals surface area contributed by atoms with Crippen molar-refractivity contribution in [3.8, 4) is 0 Å². The van der Waals surface area contributed by atoms with Gasteiger partial charge in [0.1, 0.15) is 0 Å². The van der Waals surface area contributed by atoms with Crippen molar-refractivity contribution in [1.29, 1.82) is 0 Å². The Morgan fingerprint density at radius 3 is 2.52 bits per heavy atom. The van der Waals surface area contributed by atoms with E-state index in [-0.39, 0.29) is 30.0 Å². The Bertz CT molecular complexity index is 506. The first kappa shape index (κ1) is 17.9. The van der Waals surface area contributed by atoms with Gasteiger partial charge in [-0.2, -0.15) is 0 Å². The van der Waals surface area contributed by atoms with Crippen LogP contribution in [0.25, 0.3) is 0 Å². The van der Waals surface area contributed by atoms with Crippen molar-refractivity contribution >= 4 is 5.91 Å². The van der Waals surface area contributed by atoms with Crippen LogP contribution in [0.3, 0.4) is 0 Å². The molecule has 1 aliphatic heterocycles. The molecule has 1 aromatic rings. The summed E-state index contributed by atoms with van der Waals surface area (Å²) in [5, 5.41) is 9.55. The van der Waals surface area contributed by atoms with Crippen molar-refractivity contribution in [1.82, 2.24) is 9.80 Å². The zero-order valence-electron chi connectivity index (χ0n) is 14.4. The maximum Gasteiger partial charge on any atom is 0.227 e. The molecule has 0 radical (unpaired) electrons. The van der Waals surface area contributed by atoms with E-state index in [9.17, 15) is 9.90 Å². The molecule has 1 aromatic carbocycles. The summed E-state index contributed by atoms with van der Waals surface area (Å²) in [6.45, 7) is 8.65. The van der Waals surface area contributed by atoms with E-state index in [0.29, 0.717) is 19.6 Å². The maximum atomic E-state index is 12.8. The third-order valence-corrected chi connectivity index (χ3v) is 4.69. The van der Waals surface area contributed by atoms with Crippen LogP contribution in [0.4, 0.5) is 0 Å². The number of nitrogens with two attached hydrogens (primary N) is 1. The van der Waals surface area contributed by atoms with Crippen LogP contribution < -0.4 is 5.73 Å². The fraction of sp³-hybridized carbons (Fsp3) is 0.611. The molecule has 1 saturated heterocycles. The van der Waals surface area contributed by atoms with Gasteiger partial charge in [-0.3, -0.25) is 9.69 Å². The largest absolute Gasteiger partial charge is 0.392 e. The lowest BCUT2D eigenvalue weighted by Crippen LogP contribution is -2.56. The quantitative estimate of drug-likeness (QED) is 0.856. The molecule has 2 rings (SSSR count). The van der Waals surface area contributed by atoms with E-state index in [2.05, 4.69) is 11.8 Å². The SMILES string of the molecule is CC(O)CN1CCN(C(=O)C(C)C(N)c2ccccc2)CC1C. The fourth-order valence-corrected chi connectivity index (χ4v) is 3.21. The van der Waals surface area contributed by atoms with Crippen LogP contribution in [-0.2, 0) is 4.79 Å². The number of aliphatic hydroxyl groups excluding tert-OH is 1. The Balaban J connectivity index is 1.96. The molecule has 1 heterocycles. The van der Waals surface area contributed by atoms with E-state index in [1.807, 2.05) is 42.2 Å². The molecule has 1 amide bonds. The van der Waals surface area contributed by atoms with Gasteiger partial charge in [0.25, 0.3) is 0 Å². The molecule has 5 nitrogen and oxygen atoms in total. The number of aliphatic hydroxyl groups is 1. The topological polar surface area (TPSA) is 69.8 Å². The smallest absolute Gasteiger partial charge is 0.227 e. The number of piperazine rings is 1. The summed E-state index contributed by atoms with van der Waals surface area (Å²) >= 11 is 0. The molecular weight excluding hydrogens is 290 g/mol. The molecule has 23 heavy (non-hydrogen) atoms. The maximum absolute atomic E-state index is 12.8. The number of nitrogens with zero attached hydrogens (tertiary/aromatic N) is 2. The predicted octanol–water partition coefficient (Wildman–Crippen LogP) is 1.24. The Labute approximate surface area is 139 Å². The van der Waals surface area contributed by atoms with Gasteiger partial charge in [-0.1, -0.05) is 37.3 Å². The third kappa shape index (κ3) is 4.53. The lowest BCUT2D eigenvalue weighted by Gasteiger charge is -2.41. The zero-order chi connectivity index (χ0) is 17.0. The van der Waals surface area contributed by atoms with Crippen LogP contribution in [0, 0.1) is 5.92 Å². The number of rotatable bonds is 5. The molecule has 3 N–H and O–H groups in total. The highest BCUT2D eigenvalue weighted by atomic mass is 16.3. The number of β-amino-alcohol motifs (C(OH)–C–C–N with tert-alkyl or cyclic N) is 1. The van der Waals surface area contributed by atoms with Gasteiger partial charge >= 0.3 is 0 Å². The highest BCUT2D eigenvalue weighted by Crippen LogP contribution is 2.22. The van der Waals surface area contributed by atoms with Crippen LogP contribution in [0.2, 0.25) is 0 Å². The average Bonchev–Trinajstić information content (AvgIpc) is 2.55. The van der Waals surface area contributed by atoms with Crippen molar-refractivity contribution in [2.24, 2.45) is 11.7 Å². The minimum absolute atomic E-state index is 0.116. The number of amides is 1. The fourth-order valence-electron chi connectivity index (χ4n) is 3.21. The molecule has 1 fully saturated rings. The Morgan fingerprint density at radius 2 is 1.96 bits per heavy atom. The molecule has 0 bridgehead atoms. The summed E-state index contributed by atoms with van der Waals surface area (Å²) in [7, 11) is 0. The minimum atomic E-state index is -0.342. The molecule has 0 saturated carbocycles. The van der Waals surface area contributed by atoms with Gasteiger partial charge in [0.2, 0.25) is 5.91 Å². The summed E-state index contributed by atoms with van der Waals surface area (Å²) in [6, 6.07) is 9.75. The zero-order valence-corrected chi connectivity index (χ0v) is 14.4. The van der Waals surface area contributed by atoms with Gasteiger partial charge in [0.05, 0.1) is 12.0 Å². The second-order valence-corrected chi connectivity index (χ2v) is 6.70. The van der Waals surface area contributed by atoms with Crippen molar-refractivity contribution in [3.05, 3.63) is 35.9 Å². The second kappa shape index (κ2) is 7.90. The van der Waals surface area contributed by atoms with Crippen molar-refractivity contribution in [3.63, 3.8) is 0 Å². The average molecular weight is 319 g/mol. The van der Waals surface area contributed by atoms with Gasteiger partial charge in [0.15, 0.2) is 0 Å². The van der Waals surface area contributed by atoms with Crippen LogP contribution >= 0.6 is 0 Å². The van der Waals surface area contributed by atoms with Crippen LogP contribution in [0.1, 0.15) is 32.4 Å². The first-order valence-electron chi connectivity index (χ1n) is 8.41. The highest BCUT2D eigenvalue weighted by Gasteiger charge is 2.31. The predicted molar refractivity (Wildman–Crippen MR) is 91.8 cm³/mol. The van der Waals surface area contributed by atoms with Crippen molar-refractivity contribution in [2.75, 3.05) is 26.2 Å². The summed E-state index contributed by atoms with van der Waals surface area (Å²) in [5.41, 5.74) is 7.28. The lowest BCUT2D eigenvalue weighted by molar-refractivity contribution is -0.138. The molecule has 0 spiro atoms. The third-order valence-electron chi connectivity index (χ3n) is 4.69. The first-order valence-corrected chi connectivity index (χ1v) is 8.41. The first-order chi connectivity index (χ1) is 10.9. The Kier molecular flexibility index (Phi) is 6.16. The van der Waals surface area contributed by atoms with Crippen molar-refractivity contribution in [2.45, 2.75) is 39.0 Å². The van der Waals surface area contributed by atoms with E-state index in [0.717, 1.165) is 12.1 Å². The van der Waals surface area contributed by atoms with Gasteiger partial charge in [0, 0.05) is 38.3 Å². The van der Waals surface area contributed by atoms with Gasteiger partial charge in [-0.15, -0.1) is 0 Å². The second-order valence-electron chi connectivity index (χ2n) is 6.70. The summed E-state index contributed by atoms with van der Waals surface area (Å²) in [6.07, 6.45) is -0.342. The van der Waals surface area contributed by atoms with Crippen LogP contribution in [0.15, 0.2) is 30.3 Å². The Hall–Kier alpha value is -1.43. The van der Waals surface area contributed by atoms with Crippen molar-refractivity contribution < 1.29 is 9.90 Å². The minimum Gasteiger partial charge on any atom is -0.392 e. The number of benzene rings is 1. The molecule has 5 heteroatoms. The molecule has 4 unspecified atom stereocenters. The van der Waals surface area contributed by atoms with E-state index in [1.54, 1.807) is 6.92 Å². The number of hydrogen-bond acceptors (Lipinski definition) is 4. The highest BCUT2D eigenvalue weighted by molar-refractivity contribution is 5.79. The van der Waals surface area contributed by atoms with E-state index < -0.39 is 0 Å². The molecule has 1 aliphatic rings. The van der Waals surface area contributed by atoms with E-state index >= 15 is 0 Å². The van der Waals surface area contributed by atoms with E-state index in [1.165, 1.54) is 0 Å². The number of hydrogen-bond donors (Lipinski definition) is 2. The van der Waals surface area contributed by atoms with E-state index in [4.69, 9.17) is 5.73 Å². The molecule has 0 aromatic heterocycles. The monoisotopic (exact) mass is 319 g/mol. The van der Waals surface area contributed by atoms with Gasteiger partial charge < -0.3 is 15.7 Å². The summed E-state index contributed by atoms with van der Waals surface area (Å²) in [5.74, 6) is -0.127. The molecule has 128 valence electrons. The standard InChI is InChI=1S/C18H29N3O2/c1-13-11-21(10-9-20(13)12-14(2)22)18(23)15(3)17(19)16-7-5-4-6-8-16/h4-8,13-15,17,22H,9-12,19H2,1-3H3. The molecule has 4 atom stereocenters. The van der Waals surface area contributed by atoms with Gasteiger partial charge in [-0.05, 0) is 19.4 Å².